The number of aromatic nitrogens is 1. The molecule has 0 fully saturated rings. The minimum Gasteiger partial charge on any atom is -0.493 e. The molecule has 0 saturated carbocycles. The molecule has 0 atom stereocenters. The van der Waals surface area contributed by atoms with Gasteiger partial charge in [0.25, 0.3) is 5.91 Å². The monoisotopic (exact) mass is 386 g/mol. The molecule has 2 rings (SSSR count). The average molecular weight is 387 g/mol. The van der Waals surface area contributed by atoms with Gasteiger partial charge in [0, 0.05) is 10.9 Å². The van der Waals surface area contributed by atoms with E-state index in [1.54, 1.807) is 30.5 Å². The lowest BCUT2D eigenvalue weighted by atomic mass is 10.2. The first kappa shape index (κ1) is 20.7. The molecule has 1 aromatic heterocycles. The molecule has 136 valence electrons. The molecule has 0 aliphatic carbocycles. The molecule has 9 heteroatoms. The van der Waals surface area contributed by atoms with Crippen molar-refractivity contribution in [3.05, 3.63) is 34.8 Å². The highest BCUT2D eigenvalue weighted by atomic mass is 35.5. The van der Waals surface area contributed by atoms with Crippen molar-refractivity contribution in [2.75, 3.05) is 26.1 Å². The number of carbonyl (C=O) groups is 2. The van der Waals surface area contributed by atoms with E-state index in [1.807, 2.05) is 0 Å². The second-order valence-electron chi connectivity index (χ2n) is 4.65. The summed E-state index contributed by atoms with van der Waals surface area (Å²) < 4.78 is 15.2. The molecular formula is C16H19ClN2O5S. The number of anilines is 1. The van der Waals surface area contributed by atoms with Crippen LogP contribution in [0.15, 0.2) is 23.6 Å². The van der Waals surface area contributed by atoms with Crippen LogP contribution in [0.4, 0.5) is 5.13 Å². The number of rotatable bonds is 7. The van der Waals surface area contributed by atoms with Crippen LogP contribution in [0.5, 0.6) is 11.5 Å². The Bertz CT molecular complexity index is 735. The Morgan fingerprint density at radius 1 is 1.20 bits per heavy atom. The highest BCUT2D eigenvalue weighted by Gasteiger charge is 2.14. The second-order valence-corrected chi connectivity index (χ2v) is 5.51. The summed E-state index contributed by atoms with van der Waals surface area (Å²) in [5.41, 5.74) is 0.968. The number of thiazole rings is 1. The SMILES string of the molecule is CCOC(=O)Cc1csc(NC(=O)c2ccc(OC)c(OC)c2)n1.Cl. The van der Waals surface area contributed by atoms with E-state index in [4.69, 9.17) is 14.2 Å². The van der Waals surface area contributed by atoms with Gasteiger partial charge in [0.15, 0.2) is 16.6 Å². The summed E-state index contributed by atoms with van der Waals surface area (Å²) in [4.78, 5) is 27.9. The van der Waals surface area contributed by atoms with Crippen molar-refractivity contribution in [1.82, 2.24) is 4.98 Å². The third-order valence-electron chi connectivity index (χ3n) is 3.05. The first-order chi connectivity index (χ1) is 11.6. The van der Waals surface area contributed by atoms with E-state index in [0.717, 1.165) is 0 Å². The Morgan fingerprint density at radius 3 is 2.56 bits per heavy atom. The fourth-order valence-electron chi connectivity index (χ4n) is 1.95. The molecule has 7 nitrogen and oxygen atoms in total. The molecule has 0 spiro atoms. The lowest BCUT2D eigenvalue weighted by Gasteiger charge is -2.09. The van der Waals surface area contributed by atoms with E-state index in [2.05, 4.69) is 10.3 Å². The van der Waals surface area contributed by atoms with E-state index in [9.17, 15) is 9.59 Å². The molecule has 0 aliphatic heterocycles. The van der Waals surface area contributed by atoms with Crippen molar-refractivity contribution in [3.8, 4) is 11.5 Å². The normalized spacial score (nSPS) is 9.72. The third kappa shape index (κ3) is 5.61. The summed E-state index contributed by atoms with van der Waals surface area (Å²) >= 11 is 1.24. The van der Waals surface area contributed by atoms with Crippen LogP contribution >= 0.6 is 23.7 Å². The van der Waals surface area contributed by atoms with Gasteiger partial charge in [0.1, 0.15) is 0 Å². The highest BCUT2D eigenvalue weighted by Crippen LogP contribution is 2.28. The number of esters is 1. The molecule has 1 heterocycles. The zero-order valence-corrected chi connectivity index (χ0v) is 15.7. The number of nitrogens with one attached hydrogen (secondary N) is 1. The summed E-state index contributed by atoms with van der Waals surface area (Å²) in [5, 5.41) is 4.81. The molecular weight excluding hydrogens is 368 g/mol. The number of methoxy groups -OCH3 is 2. The first-order valence-corrected chi connectivity index (χ1v) is 8.08. The summed E-state index contributed by atoms with van der Waals surface area (Å²) in [7, 11) is 3.03. The number of carbonyl (C=O) groups excluding carboxylic acids is 2. The van der Waals surface area contributed by atoms with Crippen molar-refractivity contribution >= 4 is 40.8 Å². The summed E-state index contributed by atoms with van der Waals surface area (Å²) in [6.45, 7) is 2.07. The maximum absolute atomic E-state index is 12.3. The minimum absolute atomic E-state index is 0. The molecule has 1 aromatic carbocycles. The quantitative estimate of drug-likeness (QED) is 0.736. The number of halogens is 1. The highest BCUT2D eigenvalue weighted by molar-refractivity contribution is 7.14. The third-order valence-corrected chi connectivity index (χ3v) is 3.86. The lowest BCUT2D eigenvalue weighted by molar-refractivity contribution is -0.142. The molecule has 0 unspecified atom stereocenters. The number of hydrogen-bond donors (Lipinski definition) is 1. The van der Waals surface area contributed by atoms with Crippen LogP contribution in [0.3, 0.4) is 0 Å². The molecule has 0 saturated heterocycles. The molecule has 0 radical (unpaired) electrons. The Balaban J connectivity index is 0.00000312. The van der Waals surface area contributed by atoms with Crippen LogP contribution in [0.25, 0.3) is 0 Å². The standard InChI is InChI=1S/C16H18N2O5S.ClH/c1-4-23-14(19)8-11-9-24-16(17-11)18-15(20)10-5-6-12(21-2)13(7-10)22-3;/h5-7,9H,4,8H2,1-3H3,(H,17,18,20);1H. The van der Waals surface area contributed by atoms with E-state index in [-0.39, 0.29) is 30.7 Å². The maximum atomic E-state index is 12.3. The fourth-order valence-corrected chi connectivity index (χ4v) is 2.66. The van der Waals surface area contributed by atoms with Crippen LogP contribution in [0.1, 0.15) is 23.0 Å². The van der Waals surface area contributed by atoms with Gasteiger partial charge in [-0.2, -0.15) is 0 Å². The predicted molar refractivity (Wildman–Crippen MR) is 97.2 cm³/mol. The number of nitrogens with zero attached hydrogens (tertiary/aromatic N) is 1. The minimum atomic E-state index is -0.347. The van der Waals surface area contributed by atoms with Gasteiger partial charge in [-0.3, -0.25) is 14.9 Å². The Morgan fingerprint density at radius 2 is 1.92 bits per heavy atom. The van der Waals surface area contributed by atoms with Gasteiger partial charge < -0.3 is 14.2 Å². The van der Waals surface area contributed by atoms with Crippen LogP contribution in [0, 0.1) is 0 Å². The Hall–Kier alpha value is -2.32. The van der Waals surface area contributed by atoms with Crippen LogP contribution < -0.4 is 14.8 Å². The number of amides is 1. The summed E-state index contributed by atoms with van der Waals surface area (Å²) in [6.07, 6.45) is 0.0799. The van der Waals surface area contributed by atoms with Gasteiger partial charge in [-0.1, -0.05) is 0 Å². The number of hydrogen-bond acceptors (Lipinski definition) is 7. The van der Waals surface area contributed by atoms with Gasteiger partial charge in [0.2, 0.25) is 0 Å². The van der Waals surface area contributed by atoms with E-state index in [1.165, 1.54) is 25.6 Å². The van der Waals surface area contributed by atoms with Gasteiger partial charge in [0.05, 0.1) is 32.9 Å². The predicted octanol–water partition coefficient (Wildman–Crippen LogP) is 2.94. The Labute approximate surface area is 155 Å². The molecule has 1 amide bonds. The van der Waals surface area contributed by atoms with Gasteiger partial charge >= 0.3 is 5.97 Å². The van der Waals surface area contributed by atoms with Crippen molar-refractivity contribution in [1.29, 1.82) is 0 Å². The molecule has 2 aromatic rings. The molecule has 1 N–H and O–H groups in total. The topological polar surface area (TPSA) is 86.8 Å². The van der Waals surface area contributed by atoms with Crippen molar-refractivity contribution < 1.29 is 23.8 Å². The molecule has 0 aliphatic rings. The molecule has 0 bridgehead atoms. The van der Waals surface area contributed by atoms with Gasteiger partial charge in [-0.15, -0.1) is 23.7 Å². The smallest absolute Gasteiger partial charge is 0.311 e. The largest absolute Gasteiger partial charge is 0.493 e. The lowest BCUT2D eigenvalue weighted by Crippen LogP contribution is -2.12. The maximum Gasteiger partial charge on any atom is 0.311 e. The van der Waals surface area contributed by atoms with Crippen molar-refractivity contribution in [3.63, 3.8) is 0 Å². The number of ether oxygens (including phenoxy) is 3. The van der Waals surface area contributed by atoms with E-state index < -0.39 is 0 Å². The number of benzene rings is 1. The van der Waals surface area contributed by atoms with Crippen molar-refractivity contribution in [2.24, 2.45) is 0 Å². The zero-order chi connectivity index (χ0) is 17.5. The zero-order valence-electron chi connectivity index (χ0n) is 14.0. The van der Waals surface area contributed by atoms with E-state index >= 15 is 0 Å². The van der Waals surface area contributed by atoms with Crippen LogP contribution in [0.2, 0.25) is 0 Å². The van der Waals surface area contributed by atoms with E-state index in [0.29, 0.717) is 34.5 Å². The van der Waals surface area contributed by atoms with Gasteiger partial charge in [-0.25, -0.2) is 4.98 Å². The molecule has 25 heavy (non-hydrogen) atoms. The summed E-state index contributed by atoms with van der Waals surface area (Å²) in [5.74, 6) is 0.334. The Kier molecular flexibility index (Phi) is 8.17. The van der Waals surface area contributed by atoms with Gasteiger partial charge in [-0.05, 0) is 25.1 Å². The summed E-state index contributed by atoms with van der Waals surface area (Å²) in [6, 6.07) is 4.87. The van der Waals surface area contributed by atoms with Crippen LogP contribution in [-0.2, 0) is 16.0 Å². The van der Waals surface area contributed by atoms with Crippen molar-refractivity contribution in [2.45, 2.75) is 13.3 Å². The second kappa shape index (κ2) is 9.85. The average Bonchev–Trinajstić information content (AvgIpc) is 3.01. The van der Waals surface area contributed by atoms with Crippen LogP contribution in [-0.4, -0.2) is 37.7 Å². The fraction of sp³-hybridized carbons (Fsp3) is 0.312. The first-order valence-electron chi connectivity index (χ1n) is 7.20.